The van der Waals surface area contributed by atoms with Crippen molar-refractivity contribution in [2.45, 2.75) is 32.7 Å². The fourth-order valence-corrected chi connectivity index (χ4v) is 2.25. The quantitative estimate of drug-likeness (QED) is 0.902. The molecule has 0 aliphatic heterocycles. The molecular weight excluding hydrogens is 298 g/mol. The van der Waals surface area contributed by atoms with Crippen LogP contribution in [-0.2, 0) is 12.0 Å². The Kier molecular flexibility index (Phi) is 4.71. The first-order chi connectivity index (χ1) is 10.3. The van der Waals surface area contributed by atoms with Crippen molar-refractivity contribution in [2.24, 2.45) is 5.73 Å². The van der Waals surface area contributed by atoms with E-state index in [-0.39, 0.29) is 11.1 Å². The molecule has 0 saturated heterocycles. The normalized spacial score (nSPS) is 11.3. The van der Waals surface area contributed by atoms with Gasteiger partial charge < -0.3 is 11.1 Å². The first kappa shape index (κ1) is 16.3. The number of nitrogens with one attached hydrogen (secondary N) is 1. The van der Waals surface area contributed by atoms with Crippen molar-refractivity contribution in [2.75, 3.05) is 5.32 Å². The second kappa shape index (κ2) is 6.36. The maximum Gasteiger partial charge on any atom is 0.269 e. The summed E-state index contributed by atoms with van der Waals surface area (Å²) in [6.07, 6.45) is 1.41. The molecule has 1 aromatic carbocycles. The van der Waals surface area contributed by atoms with Crippen molar-refractivity contribution < 1.29 is 4.79 Å². The van der Waals surface area contributed by atoms with Gasteiger partial charge in [0.2, 0.25) is 0 Å². The summed E-state index contributed by atoms with van der Waals surface area (Å²) < 4.78 is 0. The Bertz CT molecular complexity index is 675. The number of primary amides is 1. The van der Waals surface area contributed by atoms with Crippen LogP contribution in [0.3, 0.4) is 0 Å². The molecule has 0 aliphatic rings. The van der Waals surface area contributed by atoms with Gasteiger partial charge in [-0.25, -0.2) is 4.98 Å². The molecule has 0 spiro atoms. The van der Waals surface area contributed by atoms with E-state index in [1.807, 2.05) is 0 Å². The van der Waals surface area contributed by atoms with E-state index in [0.717, 1.165) is 5.56 Å². The van der Waals surface area contributed by atoms with Gasteiger partial charge in [-0.15, -0.1) is 0 Å². The lowest BCUT2D eigenvalue weighted by Crippen LogP contribution is -2.16. The summed E-state index contributed by atoms with van der Waals surface area (Å²) in [4.78, 5) is 15.3. The predicted molar refractivity (Wildman–Crippen MR) is 90.2 cm³/mol. The summed E-state index contributed by atoms with van der Waals surface area (Å²) in [5.74, 6) is -0.581. The van der Waals surface area contributed by atoms with Crippen molar-refractivity contribution in [1.29, 1.82) is 0 Å². The predicted octanol–water partition coefficient (Wildman–Crippen LogP) is 3.74. The maximum atomic E-state index is 11.4. The molecule has 0 saturated carbocycles. The standard InChI is InChI=1S/C17H20ClN3O/c1-17(2,3)12-6-4-11(5-7-12)9-20-14-8-13(18)10-21-15(14)16(19)22/h4-8,10,20H,9H2,1-3H3,(H2,19,22). The van der Waals surface area contributed by atoms with E-state index in [4.69, 9.17) is 17.3 Å². The zero-order valence-electron chi connectivity index (χ0n) is 13.0. The van der Waals surface area contributed by atoms with Crippen LogP contribution in [-0.4, -0.2) is 10.9 Å². The zero-order chi connectivity index (χ0) is 16.3. The van der Waals surface area contributed by atoms with Crippen LogP contribution in [0.4, 0.5) is 5.69 Å². The number of aromatic nitrogens is 1. The van der Waals surface area contributed by atoms with E-state index in [1.54, 1.807) is 6.07 Å². The highest BCUT2D eigenvalue weighted by Gasteiger charge is 2.13. The first-order valence-electron chi connectivity index (χ1n) is 7.06. The van der Waals surface area contributed by atoms with Crippen LogP contribution in [0.1, 0.15) is 42.4 Å². The third-order valence-electron chi connectivity index (χ3n) is 3.39. The van der Waals surface area contributed by atoms with Crippen LogP contribution < -0.4 is 11.1 Å². The van der Waals surface area contributed by atoms with Gasteiger partial charge in [-0.3, -0.25) is 4.79 Å². The van der Waals surface area contributed by atoms with Gasteiger partial charge in [-0.1, -0.05) is 56.6 Å². The summed E-state index contributed by atoms with van der Waals surface area (Å²) in [6, 6.07) is 10.0. The number of nitrogens with zero attached hydrogens (tertiary/aromatic N) is 1. The largest absolute Gasteiger partial charge is 0.379 e. The highest BCUT2D eigenvalue weighted by molar-refractivity contribution is 6.30. The van der Waals surface area contributed by atoms with Gasteiger partial charge in [0.05, 0.1) is 10.7 Å². The van der Waals surface area contributed by atoms with Gasteiger partial charge in [0.1, 0.15) is 0 Å². The van der Waals surface area contributed by atoms with Crippen molar-refractivity contribution in [3.63, 3.8) is 0 Å². The van der Waals surface area contributed by atoms with Gasteiger partial charge >= 0.3 is 0 Å². The number of benzene rings is 1. The number of rotatable bonds is 4. The Labute approximate surface area is 135 Å². The topological polar surface area (TPSA) is 68.0 Å². The second-order valence-electron chi connectivity index (χ2n) is 6.21. The molecule has 3 N–H and O–H groups in total. The lowest BCUT2D eigenvalue weighted by atomic mass is 9.87. The minimum Gasteiger partial charge on any atom is -0.379 e. The van der Waals surface area contributed by atoms with Gasteiger partial charge in [0, 0.05) is 12.7 Å². The van der Waals surface area contributed by atoms with Gasteiger partial charge in [-0.05, 0) is 22.6 Å². The summed E-state index contributed by atoms with van der Waals surface area (Å²) in [5, 5.41) is 3.62. The SMILES string of the molecule is CC(C)(C)c1ccc(CNc2cc(Cl)cnc2C(N)=O)cc1. The number of halogens is 1. The Morgan fingerprint density at radius 1 is 1.27 bits per heavy atom. The third kappa shape index (κ3) is 3.98. The number of pyridine rings is 1. The molecule has 1 heterocycles. The van der Waals surface area contributed by atoms with Crippen LogP contribution in [0.5, 0.6) is 0 Å². The monoisotopic (exact) mass is 317 g/mol. The molecule has 5 heteroatoms. The summed E-state index contributed by atoms with van der Waals surface area (Å²) in [7, 11) is 0. The van der Waals surface area contributed by atoms with Crippen molar-refractivity contribution in [3.8, 4) is 0 Å². The van der Waals surface area contributed by atoms with E-state index >= 15 is 0 Å². The average Bonchev–Trinajstić information content (AvgIpc) is 2.44. The number of carbonyl (C=O) groups is 1. The van der Waals surface area contributed by atoms with E-state index in [0.29, 0.717) is 17.3 Å². The van der Waals surface area contributed by atoms with Crippen LogP contribution >= 0.6 is 11.6 Å². The number of carbonyl (C=O) groups excluding carboxylic acids is 1. The number of anilines is 1. The summed E-state index contributed by atoms with van der Waals surface area (Å²) in [5.41, 5.74) is 8.55. The Balaban J connectivity index is 2.13. The summed E-state index contributed by atoms with van der Waals surface area (Å²) >= 11 is 5.92. The number of amides is 1. The molecule has 0 aliphatic carbocycles. The molecule has 4 nitrogen and oxygen atoms in total. The lowest BCUT2D eigenvalue weighted by Gasteiger charge is -2.19. The molecule has 116 valence electrons. The minimum atomic E-state index is -0.581. The molecule has 22 heavy (non-hydrogen) atoms. The Morgan fingerprint density at radius 3 is 2.45 bits per heavy atom. The van der Waals surface area contributed by atoms with Gasteiger partial charge in [0.25, 0.3) is 5.91 Å². The van der Waals surface area contributed by atoms with Crippen LogP contribution in [0, 0.1) is 0 Å². The fourth-order valence-electron chi connectivity index (χ4n) is 2.09. The van der Waals surface area contributed by atoms with Crippen LogP contribution in [0.15, 0.2) is 36.5 Å². The number of hydrogen-bond donors (Lipinski definition) is 2. The smallest absolute Gasteiger partial charge is 0.269 e. The molecule has 0 radical (unpaired) electrons. The van der Waals surface area contributed by atoms with Crippen molar-refractivity contribution in [3.05, 3.63) is 58.4 Å². The molecule has 0 fully saturated rings. The van der Waals surface area contributed by atoms with Crippen molar-refractivity contribution in [1.82, 2.24) is 4.98 Å². The number of nitrogens with two attached hydrogens (primary N) is 1. The van der Waals surface area contributed by atoms with E-state index in [9.17, 15) is 4.79 Å². The highest BCUT2D eigenvalue weighted by atomic mass is 35.5. The average molecular weight is 318 g/mol. The van der Waals surface area contributed by atoms with E-state index in [1.165, 1.54) is 11.8 Å². The molecule has 1 aromatic heterocycles. The Hall–Kier alpha value is -2.07. The molecule has 2 aromatic rings. The molecule has 0 bridgehead atoms. The molecular formula is C17H20ClN3O. The molecule has 2 rings (SSSR count). The first-order valence-corrected chi connectivity index (χ1v) is 7.44. The minimum absolute atomic E-state index is 0.127. The molecule has 0 atom stereocenters. The molecule has 0 unspecified atom stereocenters. The summed E-state index contributed by atoms with van der Waals surface area (Å²) in [6.45, 7) is 7.10. The lowest BCUT2D eigenvalue weighted by molar-refractivity contribution is 0.0996. The van der Waals surface area contributed by atoms with Crippen LogP contribution in [0.25, 0.3) is 0 Å². The fraction of sp³-hybridized carbons (Fsp3) is 0.294. The molecule has 1 amide bonds. The second-order valence-corrected chi connectivity index (χ2v) is 6.65. The highest BCUT2D eigenvalue weighted by Crippen LogP contribution is 2.23. The van der Waals surface area contributed by atoms with Gasteiger partial charge in [-0.2, -0.15) is 0 Å². The van der Waals surface area contributed by atoms with Gasteiger partial charge in [0.15, 0.2) is 5.69 Å². The number of hydrogen-bond acceptors (Lipinski definition) is 3. The van der Waals surface area contributed by atoms with Crippen molar-refractivity contribution >= 4 is 23.2 Å². The third-order valence-corrected chi connectivity index (χ3v) is 3.60. The van der Waals surface area contributed by atoms with E-state index < -0.39 is 5.91 Å². The van der Waals surface area contributed by atoms with E-state index in [2.05, 4.69) is 55.3 Å². The van der Waals surface area contributed by atoms with Crippen LogP contribution in [0.2, 0.25) is 5.02 Å². The maximum absolute atomic E-state index is 11.4. The Morgan fingerprint density at radius 2 is 1.91 bits per heavy atom. The zero-order valence-corrected chi connectivity index (χ0v) is 13.7.